The van der Waals surface area contributed by atoms with E-state index in [9.17, 15) is 15.6 Å². The van der Waals surface area contributed by atoms with E-state index in [0.29, 0.717) is 11.8 Å². The van der Waals surface area contributed by atoms with Gasteiger partial charge in [-0.3, -0.25) is 0 Å². The van der Waals surface area contributed by atoms with E-state index in [1.807, 2.05) is 6.92 Å². The maximum atomic E-state index is 10.4. The average molecular weight is 296 g/mol. The van der Waals surface area contributed by atoms with Gasteiger partial charge in [0.05, 0.1) is 17.8 Å². The minimum Gasteiger partial charge on any atom is -0.367 e. The summed E-state index contributed by atoms with van der Waals surface area (Å²) >= 11 is 0. The van der Waals surface area contributed by atoms with Crippen LogP contribution in [0, 0.1) is 57.7 Å². The fraction of sp³-hybridized carbons (Fsp3) is 0.765. The number of allylic oxidation sites excluding steroid dienone is 1. The van der Waals surface area contributed by atoms with Crippen molar-refractivity contribution in [1.29, 1.82) is 10.5 Å². The van der Waals surface area contributed by atoms with E-state index in [2.05, 4.69) is 22.4 Å². The highest BCUT2D eigenvalue weighted by molar-refractivity contribution is 5.36. The zero-order valence-electron chi connectivity index (χ0n) is 12.7. The maximum Gasteiger partial charge on any atom is 0.190 e. The summed E-state index contributed by atoms with van der Waals surface area (Å²) in [5.74, 6) is 1.39. The molecule has 22 heavy (non-hydrogen) atoms. The van der Waals surface area contributed by atoms with Crippen LogP contribution in [0.15, 0.2) is 21.5 Å². The Morgan fingerprint density at radius 3 is 2.05 bits per heavy atom. The van der Waals surface area contributed by atoms with E-state index in [1.54, 1.807) is 0 Å². The van der Waals surface area contributed by atoms with Gasteiger partial charge in [-0.15, -0.1) is 0 Å². The molecule has 1 atom stereocenters. The Labute approximate surface area is 130 Å². The first-order valence-corrected chi connectivity index (χ1v) is 8.20. The highest BCUT2D eigenvalue weighted by Gasteiger charge is 2.64. The lowest BCUT2D eigenvalue weighted by molar-refractivity contribution is -0.106. The first-order chi connectivity index (χ1) is 10.6. The zero-order chi connectivity index (χ0) is 15.5. The molecule has 1 unspecified atom stereocenters. The second kappa shape index (κ2) is 4.64. The quantitative estimate of drug-likeness (QED) is 0.848. The van der Waals surface area contributed by atoms with Crippen LogP contribution >= 0.6 is 0 Å². The lowest BCUT2D eigenvalue weighted by Crippen LogP contribution is -2.58. The Balaban J connectivity index is 1.90. The lowest BCUT2D eigenvalue weighted by Gasteiger charge is -2.62. The molecule has 0 amide bonds. The molecule has 0 radical (unpaired) electrons. The minimum absolute atomic E-state index is 0.316. The second-order valence-corrected chi connectivity index (χ2v) is 7.52. The van der Waals surface area contributed by atoms with Gasteiger partial charge in [0.1, 0.15) is 5.92 Å². The normalized spacial score (nSPS) is 45.4. The van der Waals surface area contributed by atoms with E-state index in [-0.39, 0.29) is 0 Å². The fourth-order valence-corrected chi connectivity index (χ4v) is 6.25. The van der Waals surface area contributed by atoms with E-state index in [0.717, 1.165) is 48.8 Å². The van der Waals surface area contributed by atoms with Crippen LogP contribution in [0.4, 0.5) is 0 Å². The van der Waals surface area contributed by atoms with Crippen molar-refractivity contribution < 1.29 is 5.11 Å². The average Bonchev–Trinajstić information content (AvgIpc) is 2.82. The number of rotatable bonds is 2. The largest absolute Gasteiger partial charge is 0.367 e. The Hall–Kier alpha value is -1.72. The Kier molecular flexibility index (Phi) is 2.93. The fourth-order valence-electron chi connectivity index (χ4n) is 6.25. The Morgan fingerprint density at radius 2 is 1.64 bits per heavy atom. The molecule has 5 aliphatic rings. The van der Waals surface area contributed by atoms with E-state index in [4.69, 9.17) is 0 Å². The smallest absolute Gasteiger partial charge is 0.190 e. The Bertz CT molecular complexity index is 609. The van der Waals surface area contributed by atoms with Gasteiger partial charge in [-0.05, 0) is 62.7 Å². The molecule has 0 saturated heterocycles. The molecule has 1 N–H and O–H groups in total. The highest BCUT2D eigenvalue weighted by Crippen LogP contribution is 2.68. The summed E-state index contributed by atoms with van der Waals surface area (Å²) < 4.78 is 0. The molecule has 1 heterocycles. The van der Waals surface area contributed by atoms with Gasteiger partial charge in [0, 0.05) is 11.0 Å². The summed E-state index contributed by atoms with van der Waals surface area (Å²) in [6.07, 6.45) is 4.66. The van der Waals surface area contributed by atoms with Crippen molar-refractivity contribution in [1.82, 2.24) is 0 Å². The molecule has 4 saturated carbocycles. The van der Waals surface area contributed by atoms with Crippen molar-refractivity contribution in [2.45, 2.75) is 45.3 Å². The van der Waals surface area contributed by atoms with Crippen LogP contribution in [0.2, 0.25) is 0 Å². The number of nitriles is 2. The van der Waals surface area contributed by atoms with Crippen LogP contribution in [0.1, 0.15) is 39.0 Å². The molecule has 0 aromatic rings. The molecule has 0 aromatic carbocycles. The molecule has 114 valence electrons. The highest BCUT2D eigenvalue weighted by atomic mass is 16.3. The standard InChI is InChI=1S/C17H20N4O/c1-9-15(16(22)21-20-9)17(14(7-18)8-19)12-3-10-2-11(5-12)6-13(17)4-10/h10-14,16,22H,2-6H2,1H3. The van der Waals surface area contributed by atoms with Crippen molar-refractivity contribution in [2.24, 2.45) is 45.2 Å². The summed E-state index contributed by atoms with van der Waals surface area (Å²) in [7, 11) is 0. The molecule has 5 rings (SSSR count). The first-order valence-electron chi connectivity index (χ1n) is 8.20. The molecular formula is C17H20N4O. The van der Waals surface area contributed by atoms with E-state index in [1.165, 1.54) is 6.42 Å². The van der Waals surface area contributed by atoms with Gasteiger partial charge in [0.2, 0.25) is 0 Å². The number of aliphatic hydroxyl groups is 1. The van der Waals surface area contributed by atoms with Gasteiger partial charge < -0.3 is 5.11 Å². The molecular weight excluding hydrogens is 276 g/mol. The van der Waals surface area contributed by atoms with Crippen LogP contribution in [0.5, 0.6) is 0 Å². The van der Waals surface area contributed by atoms with Crippen molar-refractivity contribution in [3.05, 3.63) is 11.3 Å². The zero-order valence-corrected chi connectivity index (χ0v) is 12.7. The van der Waals surface area contributed by atoms with Gasteiger partial charge in [-0.25, -0.2) is 0 Å². The molecule has 4 bridgehead atoms. The van der Waals surface area contributed by atoms with Crippen molar-refractivity contribution in [3.8, 4) is 12.1 Å². The van der Waals surface area contributed by atoms with Crippen molar-refractivity contribution in [2.75, 3.05) is 0 Å². The minimum atomic E-state index is -0.971. The van der Waals surface area contributed by atoms with E-state index < -0.39 is 17.6 Å². The molecule has 4 fully saturated rings. The molecule has 0 spiro atoms. The van der Waals surface area contributed by atoms with Crippen LogP contribution < -0.4 is 0 Å². The lowest BCUT2D eigenvalue weighted by atomic mass is 9.40. The third kappa shape index (κ3) is 1.55. The number of nitrogens with zero attached hydrogens (tertiary/aromatic N) is 4. The number of hydrogen-bond donors (Lipinski definition) is 1. The summed E-state index contributed by atoms with van der Waals surface area (Å²) in [6, 6.07) is 4.50. The summed E-state index contributed by atoms with van der Waals surface area (Å²) in [5.41, 5.74) is 0.953. The SMILES string of the molecule is CC1=C(C2(C(C#N)C#N)C3CC4CC(C3)CC2C4)C(O)N=N1. The van der Waals surface area contributed by atoms with Crippen molar-refractivity contribution >= 4 is 0 Å². The van der Waals surface area contributed by atoms with Gasteiger partial charge in [0.25, 0.3) is 0 Å². The first kappa shape index (κ1) is 13.9. The van der Waals surface area contributed by atoms with Crippen LogP contribution in [-0.4, -0.2) is 11.3 Å². The Morgan fingerprint density at radius 1 is 1.09 bits per heavy atom. The molecule has 1 aliphatic heterocycles. The second-order valence-electron chi connectivity index (χ2n) is 7.52. The van der Waals surface area contributed by atoms with Gasteiger partial charge in [-0.1, -0.05) is 0 Å². The monoisotopic (exact) mass is 296 g/mol. The van der Waals surface area contributed by atoms with Gasteiger partial charge in [0.15, 0.2) is 6.23 Å². The summed E-state index contributed by atoms with van der Waals surface area (Å²) in [6.45, 7) is 1.85. The third-order valence-corrected chi connectivity index (χ3v) is 6.66. The molecule has 4 aliphatic carbocycles. The van der Waals surface area contributed by atoms with Crippen LogP contribution in [-0.2, 0) is 0 Å². The van der Waals surface area contributed by atoms with Crippen molar-refractivity contribution in [3.63, 3.8) is 0 Å². The topological polar surface area (TPSA) is 92.5 Å². The number of hydrogen-bond acceptors (Lipinski definition) is 5. The molecule has 0 aromatic heterocycles. The molecule has 5 nitrogen and oxygen atoms in total. The third-order valence-electron chi connectivity index (χ3n) is 6.66. The number of aliphatic hydroxyl groups excluding tert-OH is 1. The van der Waals surface area contributed by atoms with Gasteiger partial charge >= 0.3 is 0 Å². The van der Waals surface area contributed by atoms with Gasteiger partial charge in [-0.2, -0.15) is 20.8 Å². The molecule has 5 heteroatoms. The number of azo groups is 1. The van der Waals surface area contributed by atoms with Crippen LogP contribution in [0.3, 0.4) is 0 Å². The van der Waals surface area contributed by atoms with E-state index >= 15 is 0 Å². The summed E-state index contributed by atoms with van der Waals surface area (Å²) in [5, 5.41) is 37.7. The van der Waals surface area contributed by atoms with Crippen LogP contribution in [0.25, 0.3) is 0 Å². The predicted molar refractivity (Wildman–Crippen MR) is 77.8 cm³/mol. The summed E-state index contributed by atoms with van der Waals surface area (Å²) in [4.78, 5) is 0. The maximum absolute atomic E-state index is 10.4. The predicted octanol–water partition coefficient (Wildman–Crippen LogP) is 3.15.